The zero-order valence-electron chi connectivity index (χ0n) is 20.1. The Morgan fingerprint density at radius 1 is 1.09 bits per heavy atom. The standard InChI is InChI=1S/C26H31Cl2N3O4/c1-3-9-26(24-29-20(14-32)30-35-24)12-10-25(2,11-13-26)33-15-17-22(31-34-23(17)16-7-8-16)21-18(27)5-4-6-19(21)28/h4-6,16,32H,3,7-15H2,1-2H3. The molecule has 0 unspecified atom stereocenters. The van der Waals surface area contributed by atoms with Crippen LogP contribution in [-0.2, 0) is 23.4 Å². The summed E-state index contributed by atoms with van der Waals surface area (Å²) in [5.41, 5.74) is 1.82. The van der Waals surface area contributed by atoms with E-state index in [0.717, 1.165) is 62.7 Å². The normalized spacial score (nSPS) is 24.7. The number of aliphatic hydroxyl groups is 1. The Balaban J connectivity index is 1.35. The van der Waals surface area contributed by atoms with E-state index in [-0.39, 0.29) is 17.6 Å². The second-order valence-electron chi connectivity index (χ2n) is 10.2. The molecule has 2 aromatic heterocycles. The van der Waals surface area contributed by atoms with E-state index in [1.807, 2.05) is 18.2 Å². The largest absolute Gasteiger partial charge is 0.388 e. The Morgan fingerprint density at radius 2 is 1.80 bits per heavy atom. The molecule has 2 fully saturated rings. The predicted octanol–water partition coefficient (Wildman–Crippen LogP) is 6.99. The van der Waals surface area contributed by atoms with Crippen LogP contribution in [0.1, 0.15) is 94.2 Å². The molecule has 2 heterocycles. The molecule has 1 N–H and O–H groups in total. The highest BCUT2D eigenvalue weighted by molar-refractivity contribution is 6.39. The van der Waals surface area contributed by atoms with Crippen LogP contribution in [0.15, 0.2) is 27.2 Å². The molecule has 2 aliphatic carbocycles. The Bertz CT molecular complexity index is 1160. The quantitative estimate of drug-likeness (QED) is 0.325. The average molecular weight is 520 g/mol. The summed E-state index contributed by atoms with van der Waals surface area (Å²) in [6.07, 6.45) is 7.64. The van der Waals surface area contributed by atoms with Crippen molar-refractivity contribution < 1.29 is 18.9 Å². The zero-order valence-corrected chi connectivity index (χ0v) is 21.7. The maximum absolute atomic E-state index is 9.38. The van der Waals surface area contributed by atoms with Gasteiger partial charge in [0.2, 0.25) is 5.89 Å². The van der Waals surface area contributed by atoms with E-state index >= 15 is 0 Å². The lowest BCUT2D eigenvalue weighted by atomic mass is 9.66. The van der Waals surface area contributed by atoms with E-state index < -0.39 is 0 Å². The number of aliphatic hydroxyl groups excluding tert-OH is 1. The summed E-state index contributed by atoms with van der Waals surface area (Å²) >= 11 is 13.0. The maximum atomic E-state index is 9.38. The molecule has 0 aliphatic heterocycles. The highest BCUT2D eigenvalue weighted by Gasteiger charge is 2.45. The molecular weight excluding hydrogens is 489 g/mol. The Hall–Kier alpha value is -1.93. The molecular formula is C26H31Cl2N3O4. The highest BCUT2D eigenvalue weighted by atomic mass is 35.5. The summed E-state index contributed by atoms with van der Waals surface area (Å²) in [6, 6.07) is 5.45. The lowest BCUT2D eigenvalue weighted by Crippen LogP contribution is -2.41. The highest BCUT2D eigenvalue weighted by Crippen LogP contribution is 2.49. The molecule has 0 radical (unpaired) electrons. The smallest absolute Gasteiger partial charge is 0.232 e. The number of hydrogen-bond donors (Lipinski definition) is 1. The predicted molar refractivity (Wildman–Crippen MR) is 132 cm³/mol. The van der Waals surface area contributed by atoms with Gasteiger partial charge in [-0.05, 0) is 64.0 Å². The van der Waals surface area contributed by atoms with E-state index in [9.17, 15) is 5.11 Å². The minimum atomic E-state index is -0.309. The summed E-state index contributed by atoms with van der Waals surface area (Å²) in [7, 11) is 0. The molecule has 0 spiro atoms. The molecule has 0 atom stereocenters. The third kappa shape index (κ3) is 4.88. The van der Waals surface area contributed by atoms with Gasteiger partial charge in [0.15, 0.2) is 5.82 Å². The minimum Gasteiger partial charge on any atom is -0.388 e. The van der Waals surface area contributed by atoms with Crippen LogP contribution in [0.4, 0.5) is 0 Å². The Kier molecular flexibility index (Phi) is 6.96. The van der Waals surface area contributed by atoms with Crippen molar-refractivity contribution in [3.63, 3.8) is 0 Å². The van der Waals surface area contributed by atoms with Crippen LogP contribution in [0.25, 0.3) is 11.3 Å². The van der Waals surface area contributed by atoms with E-state index in [1.54, 1.807) is 0 Å². The molecule has 1 aromatic carbocycles. The van der Waals surface area contributed by atoms with Gasteiger partial charge in [0.05, 0.1) is 22.3 Å². The van der Waals surface area contributed by atoms with Crippen LogP contribution in [-0.4, -0.2) is 26.0 Å². The van der Waals surface area contributed by atoms with E-state index in [4.69, 9.17) is 37.0 Å². The maximum Gasteiger partial charge on any atom is 0.232 e. The third-order valence-corrected chi connectivity index (χ3v) is 8.22. The number of hydrogen-bond acceptors (Lipinski definition) is 7. The van der Waals surface area contributed by atoms with Crippen molar-refractivity contribution in [3.8, 4) is 11.3 Å². The van der Waals surface area contributed by atoms with Crippen LogP contribution < -0.4 is 0 Å². The number of nitrogens with zero attached hydrogens (tertiary/aromatic N) is 3. The van der Waals surface area contributed by atoms with Gasteiger partial charge in [0, 0.05) is 22.5 Å². The Labute approximate surface area is 215 Å². The molecule has 35 heavy (non-hydrogen) atoms. The van der Waals surface area contributed by atoms with Crippen LogP contribution in [0.3, 0.4) is 0 Å². The average Bonchev–Trinajstić information content (AvgIpc) is 3.42. The van der Waals surface area contributed by atoms with Crippen molar-refractivity contribution in [2.45, 2.75) is 95.4 Å². The topological polar surface area (TPSA) is 94.4 Å². The number of benzene rings is 1. The molecule has 2 aliphatic rings. The van der Waals surface area contributed by atoms with Crippen LogP contribution >= 0.6 is 23.2 Å². The number of halogens is 2. The van der Waals surface area contributed by atoms with E-state index in [2.05, 4.69) is 29.1 Å². The first kappa shape index (κ1) is 24.8. The molecule has 9 heteroatoms. The van der Waals surface area contributed by atoms with Crippen molar-refractivity contribution in [2.24, 2.45) is 0 Å². The van der Waals surface area contributed by atoms with Crippen molar-refractivity contribution in [2.75, 3.05) is 0 Å². The molecule has 2 saturated carbocycles. The first-order chi connectivity index (χ1) is 16.9. The summed E-state index contributed by atoms with van der Waals surface area (Å²) in [5.74, 6) is 2.24. The first-order valence-electron chi connectivity index (χ1n) is 12.4. The van der Waals surface area contributed by atoms with Crippen molar-refractivity contribution >= 4 is 23.2 Å². The van der Waals surface area contributed by atoms with E-state index in [1.165, 1.54) is 0 Å². The van der Waals surface area contributed by atoms with Gasteiger partial charge in [0.1, 0.15) is 18.1 Å². The molecule has 5 rings (SSSR count). The van der Waals surface area contributed by atoms with Crippen molar-refractivity contribution in [1.82, 2.24) is 15.3 Å². The number of aromatic nitrogens is 3. The zero-order chi connectivity index (χ0) is 24.6. The number of ether oxygens (including phenoxy) is 1. The summed E-state index contributed by atoms with van der Waals surface area (Å²) in [5, 5.41) is 18.8. The molecule has 3 aromatic rings. The molecule has 0 bridgehead atoms. The fourth-order valence-electron chi connectivity index (χ4n) is 5.28. The van der Waals surface area contributed by atoms with Gasteiger partial charge in [0.25, 0.3) is 0 Å². The molecule has 0 saturated heterocycles. The first-order valence-corrected chi connectivity index (χ1v) is 13.1. The summed E-state index contributed by atoms with van der Waals surface area (Å²) in [4.78, 5) is 4.46. The van der Waals surface area contributed by atoms with Gasteiger partial charge >= 0.3 is 0 Å². The second kappa shape index (κ2) is 9.85. The van der Waals surface area contributed by atoms with Crippen molar-refractivity contribution in [3.05, 3.63) is 51.3 Å². The lowest BCUT2D eigenvalue weighted by molar-refractivity contribution is -0.0823. The third-order valence-electron chi connectivity index (χ3n) is 7.59. The van der Waals surface area contributed by atoms with E-state index in [0.29, 0.717) is 45.5 Å². The monoisotopic (exact) mass is 519 g/mol. The second-order valence-corrected chi connectivity index (χ2v) is 11.0. The van der Waals surface area contributed by atoms with Crippen LogP contribution in [0.2, 0.25) is 10.0 Å². The minimum absolute atomic E-state index is 0.176. The molecule has 188 valence electrons. The Morgan fingerprint density at radius 3 is 2.40 bits per heavy atom. The fraction of sp³-hybridized carbons (Fsp3) is 0.577. The van der Waals surface area contributed by atoms with Gasteiger partial charge < -0.3 is 18.9 Å². The number of rotatable bonds is 9. The molecule has 0 amide bonds. The SMILES string of the molecule is CCCC1(c2nc(CO)no2)CCC(C)(OCc2c(-c3c(Cl)cccc3Cl)noc2C2CC2)CC1. The molecule has 7 nitrogen and oxygen atoms in total. The van der Waals surface area contributed by atoms with Crippen LogP contribution in [0, 0.1) is 0 Å². The summed E-state index contributed by atoms with van der Waals surface area (Å²) in [6.45, 7) is 4.51. The van der Waals surface area contributed by atoms with Gasteiger partial charge in [-0.2, -0.15) is 4.98 Å². The fourth-order valence-corrected chi connectivity index (χ4v) is 5.86. The lowest BCUT2D eigenvalue weighted by Gasteiger charge is -2.43. The summed E-state index contributed by atoms with van der Waals surface area (Å²) < 4.78 is 18.0. The van der Waals surface area contributed by atoms with Crippen LogP contribution in [0.5, 0.6) is 0 Å². The van der Waals surface area contributed by atoms with Crippen molar-refractivity contribution in [1.29, 1.82) is 0 Å². The van der Waals surface area contributed by atoms with Gasteiger partial charge in [-0.3, -0.25) is 0 Å². The van der Waals surface area contributed by atoms with Gasteiger partial charge in [-0.15, -0.1) is 0 Å². The van der Waals surface area contributed by atoms with Gasteiger partial charge in [-0.1, -0.05) is 52.9 Å². The van der Waals surface area contributed by atoms with Gasteiger partial charge in [-0.25, -0.2) is 0 Å².